The first-order valence-corrected chi connectivity index (χ1v) is 6.24. The molecule has 0 spiro atoms. The van der Waals surface area contributed by atoms with E-state index in [2.05, 4.69) is 43.5 Å². The maximum Gasteiger partial charge on any atom is 0.0490 e. The second kappa shape index (κ2) is 4.98. The van der Waals surface area contributed by atoms with Gasteiger partial charge in [0.25, 0.3) is 0 Å². The molecule has 0 bridgehead atoms. The van der Waals surface area contributed by atoms with Gasteiger partial charge in [0.2, 0.25) is 0 Å². The van der Waals surface area contributed by atoms with E-state index in [9.17, 15) is 0 Å². The minimum Gasteiger partial charge on any atom is -0.271 e. The van der Waals surface area contributed by atoms with Gasteiger partial charge in [0.05, 0.1) is 0 Å². The number of hydrazine groups is 1. The molecule has 0 heterocycles. The molecule has 2 heteroatoms. The molecule has 0 saturated heterocycles. The molecule has 1 saturated carbocycles. The van der Waals surface area contributed by atoms with E-state index in [0.29, 0.717) is 12.0 Å². The predicted octanol–water partition coefficient (Wildman–Crippen LogP) is 2.94. The number of hydrogen-bond donors (Lipinski definition) is 2. The van der Waals surface area contributed by atoms with Crippen molar-refractivity contribution in [1.29, 1.82) is 0 Å². The van der Waals surface area contributed by atoms with E-state index in [1.54, 1.807) is 0 Å². The van der Waals surface area contributed by atoms with Crippen LogP contribution < -0.4 is 11.3 Å². The van der Waals surface area contributed by atoms with Crippen molar-refractivity contribution >= 4 is 0 Å². The van der Waals surface area contributed by atoms with Gasteiger partial charge in [-0.3, -0.25) is 11.3 Å². The molecular weight excluding hydrogens is 196 g/mol. The Kier molecular flexibility index (Phi) is 3.62. The van der Waals surface area contributed by atoms with Gasteiger partial charge < -0.3 is 0 Å². The summed E-state index contributed by atoms with van der Waals surface area (Å²) in [5.41, 5.74) is 5.72. The third-order valence-electron chi connectivity index (χ3n) is 3.91. The van der Waals surface area contributed by atoms with Crippen molar-refractivity contribution in [2.75, 3.05) is 0 Å². The molecule has 1 aliphatic carbocycles. The predicted molar refractivity (Wildman–Crippen MR) is 67.7 cm³/mol. The SMILES string of the molecule is Cc1ccccc1C(NN)C1CCC(C)C1. The molecular formula is C14H22N2. The van der Waals surface area contributed by atoms with Crippen molar-refractivity contribution in [3.63, 3.8) is 0 Å². The Bertz CT molecular complexity index is 348. The molecule has 0 aromatic heterocycles. The van der Waals surface area contributed by atoms with Crippen LogP contribution in [0.4, 0.5) is 0 Å². The number of nitrogens with one attached hydrogen (secondary N) is 1. The topological polar surface area (TPSA) is 38.0 Å². The zero-order valence-electron chi connectivity index (χ0n) is 10.2. The molecule has 3 atom stereocenters. The van der Waals surface area contributed by atoms with Crippen LogP contribution in [0.15, 0.2) is 24.3 Å². The Balaban J connectivity index is 2.19. The summed E-state index contributed by atoms with van der Waals surface area (Å²) in [5, 5.41) is 0. The standard InChI is InChI=1S/C14H22N2/c1-10-7-8-12(9-10)14(16-15)13-6-4-3-5-11(13)2/h3-6,10,12,14,16H,7-9,15H2,1-2H3. The Morgan fingerprint density at radius 1 is 1.31 bits per heavy atom. The molecule has 1 fully saturated rings. The Hall–Kier alpha value is -0.860. The monoisotopic (exact) mass is 218 g/mol. The third-order valence-corrected chi connectivity index (χ3v) is 3.91. The highest BCUT2D eigenvalue weighted by Gasteiger charge is 2.29. The van der Waals surface area contributed by atoms with Crippen molar-refractivity contribution in [2.45, 2.75) is 39.2 Å². The fraction of sp³-hybridized carbons (Fsp3) is 0.571. The summed E-state index contributed by atoms with van der Waals surface area (Å²) in [5.74, 6) is 7.30. The van der Waals surface area contributed by atoms with Crippen LogP contribution >= 0.6 is 0 Å². The Morgan fingerprint density at radius 2 is 2.06 bits per heavy atom. The molecule has 1 aromatic rings. The molecule has 3 N–H and O–H groups in total. The normalized spacial score (nSPS) is 26.9. The zero-order chi connectivity index (χ0) is 11.5. The van der Waals surface area contributed by atoms with Gasteiger partial charge in [-0.05, 0) is 42.7 Å². The maximum absolute atomic E-state index is 5.75. The lowest BCUT2D eigenvalue weighted by Gasteiger charge is -2.24. The fourth-order valence-corrected chi connectivity index (χ4v) is 2.97. The minimum absolute atomic E-state index is 0.325. The van der Waals surface area contributed by atoms with Gasteiger partial charge in [-0.2, -0.15) is 0 Å². The molecule has 2 nitrogen and oxygen atoms in total. The summed E-state index contributed by atoms with van der Waals surface area (Å²) < 4.78 is 0. The largest absolute Gasteiger partial charge is 0.271 e. The van der Waals surface area contributed by atoms with Crippen molar-refractivity contribution < 1.29 is 0 Å². The lowest BCUT2D eigenvalue weighted by atomic mass is 9.89. The summed E-state index contributed by atoms with van der Waals surface area (Å²) >= 11 is 0. The van der Waals surface area contributed by atoms with Crippen LogP contribution in [0.5, 0.6) is 0 Å². The highest BCUT2D eigenvalue weighted by molar-refractivity contribution is 5.29. The minimum atomic E-state index is 0.325. The van der Waals surface area contributed by atoms with E-state index in [4.69, 9.17) is 5.84 Å². The second-order valence-corrected chi connectivity index (χ2v) is 5.18. The van der Waals surface area contributed by atoms with Crippen LogP contribution in [0.2, 0.25) is 0 Å². The van der Waals surface area contributed by atoms with Gasteiger partial charge in [-0.25, -0.2) is 0 Å². The number of rotatable bonds is 3. The molecule has 2 rings (SSSR count). The van der Waals surface area contributed by atoms with Crippen LogP contribution in [0.3, 0.4) is 0 Å². The first-order valence-electron chi connectivity index (χ1n) is 6.24. The Labute approximate surface area is 98.2 Å². The molecule has 0 amide bonds. The number of hydrogen-bond acceptors (Lipinski definition) is 2. The van der Waals surface area contributed by atoms with Gasteiger partial charge >= 0.3 is 0 Å². The second-order valence-electron chi connectivity index (χ2n) is 5.18. The van der Waals surface area contributed by atoms with Crippen LogP contribution in [-0.4, -0.2) is 0 Å². The molecule has 0 radical (unpaired) electrons. The smallest absolute Gasteiger partial charge is 0.0490 e. The van der Waals surface area contributed by atoms with Crippen LogP contribution in [0.25, 0.3) is 0 Å². The molecule has 1 aromatic carbocycles. The Morgan fingerprint density at radius 3 is 2.62 bits per heavy atom. The third kappa shape index (κ3) is 2.28. The highest BCUT2D eigenvalue weighted by Crippen LogP contribution is 2.39. The van der Waals surface area contributed by atoms with Crippen molar-refractivity contribution in [3.05, 3.63) is 35.4 Å². The van der Waals surface area contributed by atoms with Crippen molar-refractivity contribution in [1.82, 2.24) is 5.43 Å². The van der Waals surface area contributed by atoms with Gasteiger partial charge in [0, 0.05) is 6.04 Å². The lowest BCUT2D eigenvalue weighted by molar-refractivity contribution is 0.363. The van der Waals surface area contributed by atoms with Gasteiger partial charge in [-0.15, -0.1) is 0 Å². The summed E-state index contributed by atoms with van der Waals surface area (Å²) in [7, 11) is 0. The van der Waals surface area contributed by atoms with Crippen LogP contribution in [0, 0.1) is 18.8 Å². The number of nitrogens with two attached hydrogens (primary N) is 1. The molecule has 3 unspecified atom stereocenters. The van der Waals surface area contributed by atoms with E-state index >= 15 is 0 Å². The average Bonchev–Trinajstić information content (AvgIpc) is 2.69. The zero-order valence-corrected chi connectivity index (χ0v) is 10.2. The molecule has 16 heavy (non-hydrogen) atoms. The lowest BCUT2D eigenvalue weighted by Crippen LogP contribution is -2.33. The first kappa shape index (κ1) is 11.6. The fourth-order valence-electron chi connectivity index (χ4n) is 2.97. The van der Waals surface area contributed by atoms with E-state index in [1.807, 2.05) is 0 Å². The van der Waals surface area contributed by atoms with E-state index in [0.717, 1.165) is 5.92 Å². The first-order chi connectivity index (χ1) is 7.72. The summed E-state index contributed by atoms with van der Waals surface area (Å²) in [6.45, 7) is 4.50. The maximum atomic E-state index is 5.75. The highest BCUT2D eigenvalue weighted by atomic mass is 15.2. The molecule has 1 aliphatic rings. The van der Waals surface area contributed by atoms with E-state index < -0.39 is 0 Å². The van der Waals surface area contributed by atoms with Gasteiger partial charge in [-0.1, -0.05) is 37.6 Å². The van der Waals surface area contributed by atoms with E-state index in [1.165, 1.54) is 30.4 Å². The number of benzene rings is 1. The summed E-state index contributed by atoms with van der Waals surface area (Å²) in [4.78, 5) is 0. The number of aryl methyl sites for hydroxylation is 1. The van der Waals surface area contributed by atoms with Crippen molar-refractivity contribution in [3.8, 4) is 0 Å². The van der Waals surface area contributed by atoms with Gasteiger partial charge in [0.15, 0.2) is 0 Å². The average molecular weight is 218 g/mol. The summed E-state index contributed by atoms with van der Waals surface area (Å²) in [6, 6.07) is 8.88. The van der Waals surface area contributed by atoms with Crippen LogP contribution in [0.1, 0.15) is 43.4 Å². The van der Waals surface area contributed by atoms with Crippen LogP contribution in [-0.2, 0) is 0 Å². The molecule has 0 aliphatic heterocycles. The van der Waals surface area contributed by atoms with Crippen molar-refractivity contribution in [2.24, 2.45) is 17.7 Å². The van der Waals surface area contributed by atoms with Gasteiger partial charge in [0.1, 0.15) is 0 Å². The quantitative estimate of drug-likeness (QED) is 0.604. The molecule has 88 valence electrons. The summed E-state index contributed by atoms with van der Waals surface area (Å²) in [6.07, 6.45) is 3.93. The van der Waals surface area contributed by atoms with E-state index in [-0.39, 0.29) is 0 Å².